The third-order valence-corrected chi connectivity index (χ3v) is 4.02. The van der Waals surface area contributed by atoms with Gasteiger partial charge in [0.05, 0.1) is 6.54 Å². The highest BCUT2D eigenvalue weighted by Gasteiger charge is 2.23. The van der Waals surface area contributed by atoms with Crippen molar-refractivity contribution in [1.82, 2.24) is 20.4 Å². The van der Waals surface area contributed by atoms with E-state index in [4.69, 9.17) is 4.52 Å². The second kappa shape index (κ2) is 7.01. The van der Waals surface area contributed by atoms with Gasteiger partial charge in [0.15, 0.2) is 5.82 Å². The fourth-order valence-electron chi connectivity index (χ4n) is 2.82. The van der Waals surface area contributed by atoms with Crippen LogP contribution in [0.15, 0.2) is 4.52 Å². The molecule has 0 bridgehead atoms. The van der Waals surface area contributed by atoms with Gasteiger partial charge in [-0.05, 0) is 58.7 Å². The molecule has 0 spiro atoms. The fraction of sp³-hybridized carbons (Fsp3) is 0.857. The number of hydrogen-bond donors (Lipinski definition) is 1. The molecule has 0 aliphatic carbocycles. The van der Waals surface area contributed by atoms with E-state index in [1.807, 2.05) is 6.92 Å². The van der Waals surface area contributed by atoms with Gasteiger partial charge in [-0.3, -0.25) is 0 Å². The molecule has 108 valence electrons. The van der Waals surface area contributed by atoms with Gasteiger partial charge >= 0.3 is 0 Å². The number of nitrogens with zero attached hydrogens (tertiary/aromatic N) is 3. The normalized spacial score (nSPS) is 19.7. The summed E-state index contributed by atoms with van der Waals surface area (Å²) in [6.45, 7) is 10.8. The summed E-state index contributed by atoms with van der Waals surface area (Å²) in [6.07, 6.45) is 3.84. The molecular formula is C14H26N4O. The van der Waals surface area contributed by atoms with E-state index in [0.717, 1.165) is 5.92 Å². The number of rotatable bonds is 6. The average molecular weight is 266 g/mol. The number of piperidine rings is 1. The van der Waals surface area contributed by atoms with Crippen LogP contribution in [0.1, 0.15) is 44.8 Å². The summed E-state index contributed by atoms with van der Waals surface area (Å²) >= 11 is 0. The molecule has 5 nitrogen and oxygen atoms in total. The Morgan fingerprint density at radius 3 is 2.74 bits per heavy atom. The van der Waals surface area contributed by atoms with Crippen molar-refractivity contribution in [3.05, 3.63) is 11.7 Å². The molecule has 1 N–H and O–H groups in total. The molecular weight excluding hydrogens is 240 g/mol. The van der Waals surface area contributed by atoms with Gasteiger partial charge in [0.2, 0.25) is 5.89 Å². The van der Waals surface area contributed by atoms with E-state index in [2.05, 4.69) is 34.2 Å². The van der Waals surface area contributed by atoms with Crippen LogP contribution in [0.2, 0.25) is 0 Å². The maximum absolute atomic E-state index is 5.12. The predicted molar refractivity (Wildman–Crippen MR) is 74.8 cm³/mol. The molecule has 1 unspecified atom stereocenters. The standard InChI is InChI=1S/C14H26N4O/c1-4-7-18-8-5-13(6-9-18)11(2)15-10-14-16-12(3)17-19-14/h11,13,15H,4-10H2,1-3H3. The highest BCUT2D eigenvalue weighted by Crippen LogP contribution is 2.20. The number of aryl methyl sites for hydroxylation is 1. The zero-order valence-corrected chi connectivity index (χ0v) is 12.4. The Labute approximate surface area is 115 Å². The van der Waals surface area contributed by atoms with Crippen molar-refractivity contribution < 1.29 is 4.52 Å². The smallest absolute Gasteiger partial charge is 0.240 e. The fourth-order valence-corrected chi connectivity index (χ4v) is 2.82. The van der Waals surface area contributed by atoms with Crippen molar-refractivity contribution in [1.29, 1.82) is 0 Å². The van der Waals surface area contributed by atoms with Gasteiger partial charge in [-0.1, -0.05) is 12.1 Å². The van der Waals surface area contributed by atoms with Crippen LogP contribution in [0.4, 0.5) is 0 Å². The van der Waals surface area contributed by atoms with Crippen LogP contribution >= 0.6 is 0 Å². The van der Waals surface area contributed by atoms with E-state index in [-0.39, 0.29) is 0 Å². The molecule has 0 radical (unpaired) electrons. The Bertz CT molecular complexity index is 371. The summed E-state index contributed by atoms with van der Waals surface area (Å²) in [7, 11) is 0. The molecule has 2 rings (SSSR count). The monoisotopic (exact) mass is 266 g/mol. The number of aromatic nitrogens is 2. The predicted octanol–water partition coefficient (Wildman–Crippen LogP) is 1.98. The van der Waals surface area contributed by atoms with Gasteiger partial charge in [-0.2, -0.15) is 4.98 Å². The van der Waals surface area contributed by atoms with Crippen LogP contribution in [-0.4, -0.2) is 40.7 Å². The highest BCUT2D eigenvalue weighted by molar-refractivity contribution is 4.85. The summed E-state index contributed by atoms with van der Waals surface area (Å²) in [4.78, 5) is 6.79. The molecule has 1 aromatic heterocycles. The Kier molecular flexibility index (Phi) is 5.34. The SMILES string of the molecule is CCCN1CCC(C(C)NCc2nc(C)no2)CC1. The lowest BCUT2D eigenvalue weighted by Crippen LogP contribution is -2.42. The maximum Gasteiger partial charge on any atom is 0.240 e. The first-order valence-electron chi connectivity index (χ1n) is 7.44. The van der Waals surface area contributed by atoms with Crippen molar-refractivity contribution in [3.8, 4) is 0 Å². The Morgan fingerprint density at radius 2 is 2.16 bits per heavy atom. The summed E-state index contributed by atoms with van der Waals surface area (Å²) in [5.41, 5.74) is 0. The lowest BCUT2D eigenvalue weighted by molar-refractivity contribution is 0.161. The molecule has 1 aliphatic heterocycles. The second-order valence-electron chi connectivity index (χ2n) is 5.58. The van der Waals surface area contributed by atoms with Crippen LogP contribution in [0.5, 0.6) is 0 Å². The van der Waals surface area contributed by atoms with E-state index in [0.29, 0.717) is 24.3 Å². The molecule has 5 heteroatoms. The molecule has 1 atom stereocenters. The summed E-state index contributed by atoms with van der Waals surface area (Å²) < 4.78 is 5.12. The molecule has 0 saturated carbocycles. The van der Waals surface area contributed by atoms with E-state index >= 15 is 0 Å². The second-order valence-corrected chi connectivity index (χ2v) is 5.58. The summed E-state index contributed by atoms with van der Waals surface area (Å²) in [5, 5.41) is 7.32. The minimum Gasteiger partial charge on any atom is -0.338 e. The van der Waals surface area contributed by atoms with Gasteiger partial charge in [-0.15, -0.1) is 0 Å². The zero-order chi connectivity index (χ0) is 13.7. The first-order chi connectivity index (χ1) is 9.19. The molecule has 19 heavy (non-hydrogen) atoms. The third-order valence-electron chi connectivity index (χ3n) is 4.02. The van der Waals surface area contributed by atoms with Gasteiger partial charge < -0.3 is 14.7 Å². The van der Waals surface area contributed by atoms with Crippen molar-refractivity contribution in [3.63, 3.8) is 0 Å². The number of likely N-dealkylation sites (tertiary alicyclic amines) is 1. The maximum atomic E-state index is 5.12. The Hall–Kier alpha value is -0.940. The van der Waals surface area contributed by atoms with Gasteiger partial charge in [0.25, 0.3) is 0 Å². The lowest BCUT2D eigenvalue weighted by Gasteiger charge is -2.34. The highest BCUT2D eigenvalue weighted by atomic mass is 16.5. The first-order valence-corrected chi connectivity index (χ1v) is 7.44. The van der Waals surface area contributed by atoms with Crippen LogP contribution in [0.3, 0.4) is 0 Å². The summed E-state index contributed by atoms with van der Waals surface area (Å²) in [5.74, 6) is 2.15. The molecule has 0 aromatic carbocycles. The molecule has 2 heterocycles. The third kappa shape index (κ3) is 4.28. The number of nitrogens with one attached hydrogen (secondary N) is 1. The molecule has 1 saturated heterocycles. The topological polar surface area (TPSA) is 54.2 Å². The van der Waals surface area contributed by atoms with E-state index in [9.17, 15) is 0 Å². The number of hydrogen-bond acceptors (Lipinski definition) is 5. The minimum atomic E-state index is 0.510. The molecule has 1 fully saturated rings. The average Bonchev–Trinajstić information content (AvgIpc) is 2.83. The van der Waals surface area contributed by atoms with Crippen LogP contribution in [-0.2, 0) is 6.54 Å². The van der Waals surface area contributed by atoms with Gasteiger partial charge in [0, 0.05) is 6.04 Å². The quantitative estimate of drug-likeness (QED) is 0.853. The minimum absolute atomic E-state index is 0.510. The van der Waals surface area contributed by atoms with E-state index in [1.165, 1.54) is 38.9 Å². The van der Waals surface area contributed by atoms with Crippen molar-refractivity contribution >= 4 is 0 Å². The van der Waals surface area contributed by atoms with Crippen molar-refractivity contribution in [2.45, 2.75) is 52.6 Å². The first kappa shape index (κ1) is 14.5. The van der Waals surface area contributed by atoms with Crippen LogP contribution < -0.4 is 5.32 Å². The Morgan fingerprint density at radius 1 is 1.42 bits per heavy atom. The van der Waals surface area contributed by atoms with Crippen LogP contribution in [0.25, 0.3) is 0 Å². The summed E-state index contributed by atoms with van der Waals surface area (Å²) in [6, 6.07) is 0.510. The lowest BCUT2D eigenvalue weighted by atomic mass is 9.90. The van der Waals surface area contributed by atoms with E-state index < -0.39 is 0 Å². The zero-order valence-electron chi connectivity index (χ0n) is 12.4. The Balaban J connectivity index is 1.70. The van der Waals surface area contributed by atoms with Crippen molar-refractivity contribution in [2.24, 2.45) is 5.92 Å². The largest absolute Gasteiger partial charge is 0.338 e. The van der Waals surface area contributed by atoms with Crippen LogP contribution in [0, 0.1) is 12.8 Å². The van der Waals surface area contributed by atoms with E-state index in [1.54, 1.807) is 0 Å². The molecule has 0 amide bonds. The molecule has 1 aliphatic rings. The van der Waals surface area contributed by atoms with Gasteiger partial charge in [0.1, 0.15) is 0 Å². The molecule has 1 aromatic rings. The van der Waals surface area contributed by atoms with Gasteiger partial charge in [-0.25, -0.2) is 0 Å². The van der Waals surface area contributed by atoms with Crippen molar-refractivity contribution in [2.75, 3.05) is 19.6 Å².